The summed E-state index contributed by atoms with van der Waals surface area (Å²) in [5.41, 5.74) is 2.76. The molecule has 1 fully saturated rings. The summed E-state index contributed by atoms with van der Waals surface area (Å²) in [6.07, 6.45) is 0. The second kappa shape index (κ2) is 6.55. The van der Waals surface area contributed by atoms with Crippen LogP contribution in [0.2, 0.25) is 0 Å². The van der Waals surface area contributed by atoms with Gasteiger partial charge in [0.1, 0.15) is 6.07 Å². The fourth-order valence-electron chi connectivity index (χ4n) is 2.36. The summed E-state index contributed by atoms with van der Waals surface area (Å²) in [6.45, 7) is 8.75. The zero-order valence-electron chi connectivity index (χ0n) is 11.6. The Labute approximate surface area is 115 Å². The zero-order chi connectivity index (χ0) is 13.7. The molecule has 19 heavy (non-hydrogen) atoms. The monoisotopic (exact) mass is 259 g/mol. The van der Waals surface area contributed by atoms with Crippen LogP contribution in [0.4, 0.5) is 5.69 Å². The van der Waals surface area contributed by atoms with Crippen molar-refractivity contribution in [2.24, 2.45) is 0 Å². The van der Waals surface area contributed by atoms with Gasteiger partial charge in [-0.2, -0.15) is 5.26 Å². The van der Waals surface area contributed by atoms with Crippen molar-refractivity contribution in [3.8, 4) is 6.07 Å². The van der Waals surface area contributed by atoms with Gasteiger partial charge in [-0.3, -0.25) is 4.90 Å². The van der Waals surface area contributed by atoms with Crippen molar-refractivity contribution in [1.29, 1.82) is 5.26 Å². The first-order valence-corrected chi connectivity index (χ1v) is 6.76. The van der Waals surface area contributed by atoms with Gasteiger partial charge in [-0.05, 0) is 31.5 Å². The number of hydrogen-bond acceptors (Lipinski definition) is 4. The Kier molecular flexibility index (Phi) is 4.78. The lowest BCUT2D eigenvalue weighted by atomic mass is 10.1. The summed E-state index contributed by atoms with van der Waals surface area (Å²) in [5.74, 6) is 0. The maximum Gasteiger partial charge on any atom is 0.101 e. The molecule has 2 rings (SSSR count). The standard InChI is InChI=1S/C15H21N3O/c1-12-3-4-15(14(9-12)10-16)17-13(2)11-18-5-7-19-8-6-18/h3-4,9,13,17H,5-8,11H2,1-2H3. The largest absolute Gasteiger partial charge is 0.380 e. The number of nitriles is 1. The molecule has 1 N–H and O–H groups in total. The highest BCUT2D eigenvalue weighted by Crippen LogP contribution is 2.17. The van der Waals surface area contributed by atoms with Crippen LogP contribution in [0.15, 0.2) is 18.2 Å². The second-order valence-corrected chi connectivity index (χ2v) is 5.12. The van der Waals surface area contributed by atoms with Crippen molar-refractivity contribution in [3.63, 3.8) is 0 Å². The third-order valence-electron chi connectivity index (χ3n) is 3.33. The fourth-order valence-corrected chi connectivity index (χ4v) is 2.36. The number of benzene rings is 1. The minimum Gasteiger partial charge on any atom is -0.380 e. The number of morpholine rings is 1. The van der Waals surface area contributed by atoms with E-state index >= 15 is 0 Å². The topological polar surface area (TPSA) is 48.3 Å². The lowest BCUT2D eigenvalue weighted by molar-refractivity contribution is 0.0368. The van der Waals surface area contributed by atoms with E-state index in [0.29, 0.717) is 11.6 Å². The Morgan fingerprint density at radius 2 is 2.16 bits per heavy atom. The van der Waals surface area contributed by atoms with Crippen LogP contribution < -0.4 is 5.32 Å². The molecule has 0 saturated carbocycles. The van der Waals surface area contributed by atoms with E-state index in [1.807, 2.05) is 25.1 Å². The maximum absolute atomic E-state index is 9.16. The molecule has 102 valence electrons. The number of anilines is 1. The van der Waals surface area contributed by atoms with E-state index in [1.165, 1.54) is 0 Å². The number of ether oxygens (including phenoxy) is 1. The summed E-state index contributed by atoms with van der Waals surface area (Å²) >= 11 is 0. The van der Waals surface area contributed by atoms with E-state index in [0.717, 1.165) is 44.1 Å². The molecular weight excluding hydrogens is 238 g/mol. The summed E-state index contributed by atoms with van der Waals surface area (Å²) < 4.78 is 5.34. The first-order valence-electron chi connectivity index (χ1n) is 6.76. The molecule has 4 heteroatoms. The van der Waals surface area contributed by atoms with Crippen LogP contribution in [-0.2, 0) is 4.74 Å². The molecule has 0 radical (unpaired) electrons. The number of aryl methyl sites for hydroxylation is 1. The van der Waals surface area contributed by atoms with Gasteiger partial charge in [0.15, 0.2) is 0 Å². The highest BCUT2D eigenvalue weighted by molar-refractivity contribution is 5.58. The van der Waals surface area contributed by atoms with Gasteiger partial charge in [-0.15, -0.1) is 0 Å². The Hall–Kier alpha value is -1.57. The van der Waals surface area contributed by atoms with Crippen LogP contribution in [0.3, 0.4) is 0 Å². The summed E-state index contributed by atoms with van der Waals surface area (Å²) in [6, 6.07) is 8.50. The Balaban J connectivity index is 1.94. The maximum atomic E-state index is 9.16. The zero-order valence-corrected chi connectivity index (χ0v) is 11.6. The van der Waals surface area contributed by atoms with Crippen LogP contribution in [-0.4, -0.2) is 43.8 Å². The molecule has 1 saturated heterocycles. The predicted octanol–water partition coefficient (Wildman–Crippen LogP) is 2.00. The van der Waals surface area contributed by atoms with Gasteiger partial charge in [-0.1, -0.05) is 6.07 Å². The van der Waals surface area contributed by atoms with Gasteiger partial charge < -0.3 is 10.1 Å². The Morgan fingerprint density at radius 1 is 1.42 bits per heavy atom. The molecular formula is C15H21N3O. The van der Waals surface area contributed by atoms with Gasteiger partial charge in [0.05, 0.1) is 24.5 Å². The minimum atomic E-state index is 0.313. The first-order chi connectivity index (χ1) is 9.19. The molecule has 0 spiro atoms. The van der Waals surface area contributed by atoms with Gasteiger partial charge in [0.25, 0.3) is 0 Å². The average molecular weight is 259 g/mol. The number of rotatable bonds is 4. The molecule has 1 atom stereocenters. The van der Waals surface area contributed by atoms with E-state index in [-0.39, 0.29) is 0 Å². The summed E-state index contributed by atoms with van der Waals surface area (Å²) in [7, 11) is 0. The predicted molar refractivity (Wildman–Crippen MR) is 76.2 cm³/mol. The number of hydrogen-bond donors (Lipinski definition) is 1. The summed E-state index contributed by atoms with van der Waals surface area (Å²) in [5, 5.41) is 12.6. The quantitative estimate of drug-likeness (QED) is 0.898. The van der Waals surface area contributed by atoms with Gasteiger partial charge in [-0.25, -0.2) is 0 Å². The van der Waals surface area contributed by atoms with Crippen LogP contribution in [0, 0.1) is 18.3 Å². The van der Waals surface area contributed by atoms with Gasteiger partial charge in [0.2, 0.25) is 0 Å². The Bertz CT molecular complexity index is 461. The molecule has 1 unspecified atom stereocenters. The van der Waals surface area contributed by atoms with Crippen molar-refractivity contribution in [1.82, 2.24) is 4.90 Å². The van der Waals surface area contributed by atoms with Gasteiger partial charge in [0, 0.05) is 25.7 Å². The van der Waals surface area contributed by atoms with Crippen molar-refractivity contribution >= 4 is 5.69 Å². The molecule has 1 aromatic carbocycles. The number of nitrogens with zero attached hydrogens (tertiary/aromatic N) is 2. The number of nitrogens with one attached hydrogen (secondary N) is 1. The SMILES string of the molecule is Cc1ccc(NC(C)CN2CCOCC2)c(C#N)c1. The van der Waals surface area contributed by atoms with Crippen molar-refractivity contribution in [2.75, 3.05) is 38.2 Å². The molecule has 0 aliphatic carbocycles. The molecule has 0 bridgehead atoms. The van der Waals surface area contributed by atoms with Crippen LogP contribution in [0.1, 0.15) is 18.1 Å². The smallest absolute Gasteiger partial charge is 0.101 e. The van der Waals surface area contributed by atoms with E-state index < -0.39 is 0 Å². The molecule has 0 aromatic heterocycles. The molecule has 1 aromatic rings. The van der Waals surface area contributed by atoms with Crippen LogP contribution in [0.25, 0.3) is 0 Å². The third kappa shape index (κ3) is 3.95. The second-order valence-electron chi connectivity index (χ2n) is 5.12. The minimum absolute atomic E-state index is 0.313. The Morgan fingerprint density at radius 3 is 2.84 bits per heavy atom. The molecule has 1 aliphatic rings. The van der Waals surface area contributed by atoms with E-state index in [2.05, 4.69) is 23.2 Å². The van der Waals surface area contributed by atoms with Crippen LogP contribution in [0.5, 0.6) is 0 Å². The van der Waals surface area contributed by atoms with Gasteiger partial charge >= 0.3 is 0 Å². The molecule has 1 heterocycles. The fraction of sp³-hybridized carbons (Fsp3) is 0.533. The van der Waals surface area contributed by atoms with Crippen LogP contribution >= 0.6 is 0 Å². The normalized spacial score (nSPS) is 17.7. The lowest BCUT2D eigenvalue weighted by Crippen LogP contribution is -2.42. The van der Waals surface area contributed by atoms with E-state index in [1.54, 1.807) is 0 Å². The highest BCUT2D eigenvalue weighted by atomic mass is 16.5. The van der Waals surface area contributed by atoms with E-state index in [9.17, 15) is 0 Å². The highest BCUT2D eigenvalue weighted by Gasteiger charge is 2.14. The summed E-state index contributed by atoms with van der Waals surface area (Å²) in [4.78, 5) is 2.39. The van der Waals surface area contributed by atoms with Crippen molar-refractivity contribution in [2.45, 2.75) is 19.9 Å². The van der Waals surface area contributed by atoms with Crippen molar-refractivity contribution < 1.29 is 4.74 Å². The molecule has 1 aliphatic heterocycles. The van der Waals surface area contributed by atoms with Crippen molar-refractivity contribution in [3.05, 3.63) is 29.3 Å². The lowest BCUT2D eigenvalue weighted by Gasteiger charge is -2.29. The average Bonchev–Trinajstić information content (AvgIpc) is 2.42. The third-order valence-corrected chi connectivity index (χ3v) is 3.33. The molecule has 4 nitrogen and oxygen atoms in total. The van der Waals surface area contributed by atoms with E-state index in [4.69, 9.17) is 10.00 Å². The molecule has 0 amide bonds. The first kappa shape index (κ1) is 13.9.